The number of hydrogen-bond donors (Lipinski definition) is 3. The van der Waals surface area contributed by atoms with Crippen molar-refractivity contribution >= 4 is 17.5 Å². The third-order valence-corrected chi connectivity index (χ3v) is 3.62. The van der Waals surface area contributed by atoms with Crippen LogP contribution in [0.1, 0.15) is 43.0 Å². The lowest BCUT2D eigenvalue weighted by Crippen LogP contribution is -2.27. The second-order valence-corrected chi connectivity index (χ2v) is 5.72. The number of nitrogens with two attached hydrogens (primary N) is 1. The average Bonchev–Trinajstić information content (AvgIpc) is 3.29. The van der Waals surface area contributed by atoms with Crippen molar-refractivity contribution in [3.05, 3.63) is 29.8 Å². The van der Waals surface area contributed by atoms with Crippen LogP contribution in [0, 0.1) is 5.92 Å². The fourth-order valence-corrected chi connectivity index (χ4v) is 1.99. The Kier molecular flexibility index (Phi) is 5.33. The standard InChI is InChI=1S/C16H23N3O2/c1-11(10-17)6-9-15(20)19-14-5-3-2-4-13(14)16(21)18-12-7-8-12/h2-5,11-12H,6-10,17H2,1H3,(H,18,21)(H,19,20). The minimum absolute atomic E-state index is 0.0815. The van der Waals surface area contributed by atoms with Crippen molar-refractivity contribution in [2.45, 2.75) is 38.6 Å². The van der Waals surface area contributed by atoms with Gasteiger partial charge in [0.05, 0.1) is 11.3 Å². The molecule has 4 N–H and O–H groups in total. The molecule has 114 valence electrons. The molecule has 1 aromatic rings. The summed E-state index contributed by atoms with van der Waals surface area (Å²) in [7, 11) is 0. The number of hydrogen-bond acceptors (Lipinski definition) is 3. The van der Waals surface area contributed by atoms with Gasteiger partial charge in [-0.2, -0.15) is 0 Å². The third-order valence-electron chi connectivity index (χ3n) is 3.62. The number of rotatable bonds is 7. The fraction of sp³-hybridized carbons (Fsp3) is 0.500. The van der Waals surface area contributed by atoms with E-state index in [2.05, 4.69) is 10.6 Å². The van der Waals surface area contributed by atoms with Gasteiger partial charge in [-0.15, -0.1) is 0 Å². The first-order valence-electron chi connectivity index (χ1n) is 7.50. The Labute approximate surface area is 125 Å². The Hall–Kier alpha value is -1.88. The molecule has 1 aliphatic carbocycles. The van der Waals surface area contributed by atoms with Gasteiger partial charge >= 0.3 is 0 Å². The molecular weight excluding hydrogens is 266 g/mol. The Bertz CT molecular complexity index is 512. The molecule has 2 amide bonds. The Morgan fingerprint density at radius 3 is 2.71 bits per heavy atom. The largest absolute Gasteiger partial charge is 0.349 e. The summed E-state index contributed by atoms with van der Waals surface area (Å²) >= 11 is 0. The van der Waals surface area contributed by atoms with E-state index < -0.39 is 0 Å². The molecule has 1 saturated carbocycles. The summed E-state index contributed by atoms with van der Waals surface area (Å²) in [5.74, 6) is 0.120. The molecule has 1 unspecified atom stereocenters. The van der Waals surface area contributed by atoms with E-state index in [1.807, 2.05) is 13.0 Å². The van der Waals surface area contributed by atoms with Crippen LogP contribution in [0.5, 0.6) is 0 Å². The molecule has 1 aromatic carbocycles. The summed E-state index contributed by atoms with van der Waals surface area (Å²) in [5, 5.41) is 5.76. The van der Waals surface area contributed by atoms with E-state index in [0.717, 1.165) is 19.3 Å². The maximum absolute atomic E-state index is 12.1. The van der Waals surface area contributed by atoms with Gasteiger partial charge in [0.2, 0.25) is 5.91 Å². The molecule has 2 rings (SSSR count). The van der Waals surface area contributed by atoms with Crippen LogP contribution in [0.15, 0.2) is 24.3 Å². The predicted molar refractivity (Wildman–Crippen MR) is 83.0 cm³/mol. The number of anilines is 1. The highest BCUT2D eigenvalue weighted by Gasteiger charge is 2.24. The highest BCUT2D eigenvalue weighted by atomic mass is 16.2. The van der Waals surface area contributed by atoms with Crippen LogP contribution in [0.3, 0.4) is 0 Å². The first-order valence-corrected chi connectivity index (χ1v) is 7.50. The molecule has 0 saturated heterocycles. The van der Waals surface area contributed by atoms with Gasteiger partial charge in [0.25, 0.3) is 5.91 Å². The maximum atomic E-state index is 12.1. The molecule has 0 aliphatic heterocycles. The van der Waals surface area contributed by atoms with Crippen molar-refractivity contribution in [3.8, 4) is 0 Å². The van der Waals surface area contributed by atoms with E-state index in [4.69, 9.17) is 5.73 Å². The highest BCUT2D eigenvalue weighted by molar-refractivity contribution is 6.03. The molecule has 1 atom stereocenters. The van der Waals surface area contributed by atoms with Gasteiger partial charge in [-0.05, 0) is 43.9 Å². The summed E-state index contributed by atoms with van der Waals surface area (Å²) in [4.78, 5) is 24.1. The summed E-state index contributed by atoms with van der Waals surface area (Å²) < 4.78 is 0. The minimum Gasteiger partial charge on any atom is -0.349 e. The molecule has 0 spiro atoms. The number of nitrogens with one attached hydrogen (secondary N) is 2. The predicted octanol–water partition coefficient (Wildman–Crippen LogP) is 1.89. The van der Waals surface area contributed by atoms with Crippen molar-refractivity contribution in [3.63, 3.8) is 0 Å². The fourth-order valence-electron chi connectivity index (χ4n) is 1.99. The molecule has 0 bridgehead atoms. The van der Waals surface area contributed by atoms with Crippen molar-refractivity contribution in [2.24, 2.45) is 11.7 Å². The molecular formula is C16H23N3O2. The second-order valence-electron chi connectivity index (χ2n) is 5.72. The number of amides is 2. The van der Waals surface area contributed by atoms with Crippen molar-refractivity contribution < 1.29 is 9.59 Å². The molecule has 0 radical (unpaired) electrons. The topological polar surface area (TPSA) is 84.2 Å². The van der Waals surface area contributed by atoms with Crippen LogP contribution in [-0.2, 0) is 4.79 Å². The zero-order valence-corrected chi connectivity index (χ0v) is 12.4. The summed E-state index contributed by atoms with van der Waals surface area (Å²) in [6, 6.07) is 7.40. The van der Waals surface area contributed by atoms with Crippen molar-refractivity contribution in [1.82, 2.24) is 5.32 Å². The van der Waals surface area contributed by atoms with Crippen LogP contribution >= 0.6 is 0 Å². The average molecular weight is 289 g/mol. The smallest absolute Gasteiger partial charge is 0.253 e. The van der Waals surface area contributed by atoms with Gasteiger partial charge in [-0.25, -0.2) is 0 Å². The zero-order chi connectivity index (χ0) is 15.2. The van der Waals surface area contributed by atoms with Crippen LogP contribution < -0.4 is 16.4 Å². The van der Waals surface area contributed by atoms with Gasteiger partial charge in [0.1, 0.15) is 0 Å². The van der Waals surface area contributed by atoms with Crippen LogP contribution in [-0.4, -0.2) is 24.4 Å². The Morgan fingerprint density at radius 1 is 1.33 bits per heavy atom. The number of carbonyl (C=O) groups is 2. The molecule has 1 aliphatic rings. The van der Waals surface area contributed by atoms with Crippen LogP contribution in [0.2, 0.25) is 0 Å². The summed E-state index contributed by atoms with van der Waals surface area (Å²) in [5.41, 5.74) is 6.63. The van der Waals surface area contributed by atoms with E-state index in [9.17, 15) is 9.59 Å². The van der Waals surface area contributed by atoms with Gasteiger partial charge in [-0.1, -0.05) is 19.1 Å². The molecule has 1 fully saturated rings. The second kappa shape index (κ2) is 7.22. The SMILES string of the molecule is CC(CN)CCC(=O)Nc1ccccc1C(=O)NC1CC1. The lowest BCUT2D eigenvalue weighted by atomic mass is 10.1. The van der Waals surface area contributed by atoms with Crippen molar-refractivity contribution in [1.29, 1.82) is 0 Å². The lowest BCUT2D eigenvalue weighted by molar-refractivity contribution is -0.116. The normalized spacial score (nSPS) is 15.3. The van der Waals surface area contributed by atoms with E-state index in [-0.39, 0.29) is 11.8 Å². The van der Waals surface area contributed by atoms with Gasteiger partial charge in [0, 0.05) is 12.5 Å². The minimum atomic E-state index is -0.122. The van der Waals surface area contributed by atoms with E-state index >= 15 is 0 Å². The third kappa shape index (κ3) is 4.86. The quantitative estimate of drug-likeness (QED) is 0.716. The van der Waals surface area contributed by atoms with Crippen LogP contribution in [0.4, 0.5) is 5.69 Å². The maximum Gasteiger partial charge on any atom is 0.253 e. The molecule has 0 heterocycles. The van der Waals surface area contributed by atoms with Gasteiger partial charge in [-0.3, -0.25) is 9.59 Å². The Balaban J connectivity index is 1.95. The molecule has 5 nitrogen and oxygen atoms in total. The van der Waals surface area contributed by atoms with Gasteiger partial charge < -0.3 is 16.4 Å². The van der Waals surface area contributed by atoms with Gasteiger partial charge in [0.15, 0.2) is 0 Å². The zero-order valence-electron chi connectivity index (χ0n) is 12.4. The molecule has 21 heavy (non-hydrogen) atoms. The molecule has 0 aromatic heterocycles. The number of carbonyl (C=O) groups excluding carboxylic acids is 2. The first-order chi connectivity index (χ1) is 10.1. The Morgan fingerprint density at radius 2 is 2.05 bits per heavy atom. The number of para-hydroxylation sites is 1. The van der Waals surface area contributed by atoms with E-state index in [1.165, 1.54) is 0 Å². The van der Waals surface area contributed by atoms with Crippen molar-refractivity contribution in [2.75, 3.05) is 11.9 Å². The number of benzene rings is 1. The van der Waals surface area contributed by atoms with Crippen LogP contribution in [0.25, 0.3) is 0 Å². The highest BCUT2D eigenvalue weighted by Crippen LogP contribution is 2.21. The molecule has 5 heteroatoms. The first kappa shape index (κ1) is 15.5. The van der Waals surface area contributed by atoms with E-state index in [0.29, 0.717) is 36.2 Å². The monoisotopic (exact) mass is 289 g/mol. The summed E-state index contributed by atoms with van der Waals surface area (Å²) in [6.45, 7) is 2.60. The lowest BCUT2D eigenvalue weighted by Gasteiger charge is -2.12. The van der Waals surface area contributed by atoms with E-state index in [1.54, 1.807) is 18.2 Å². The summed E-state index contributed by atoms with van der Waals surface area (Å²) in [6.07, 6.45) is 3.24.